The van der Waals surface area contributed by atoms with Crippen LogP contribution < -0.4 is 9.75 Å². The summed E-state index contributed by atoms with van der Waals surface area (Å²) in [4.78, 5) is 0. The molecule has 0 saturated heterocycles. The standard InChI is InChI=1S/C27H26FN2Si/c1-15-11-21-20-8-7-18(28)13-22(20)30-23-14-19(31(4,5)6)12-17-9-10-29(3)27(25(17)23)24(16(15)2)26(21)30/h7-14H,1-6H3/q+1. The van der Waals surface area contributed by atoms with Gasteiger partial charge in [-0.05, 0) is 60.7 Å². The number of halogens is 1. The number of hydrogen-bond acceptors (Lipinski definition) is 0. The van der Waals surface area contributed by atoms with Gasteiger partial charge in [0.2, 0.25) is 5.52 Å². The van der Waals surface area contributed by atoms with Gasteiger partial charge in [0.15, 0.2) is 6.20 Å². The van der Waals surface area contributed by atoms with Crippen molar-refractivity contribution >= 4 is 62.3 Å². The number of nitrogens with zero attached hydrogens (tertiary/aromatic N) is 2. The molecule has 0 unspecified atom stereocenters. The minimum atomic E-state index is -1.55. The molecule has 3 aromatic heterocycles. The second kappa shape index (κ2) is 5.83. The fourth-order valence-corrected chi connectivity index (χ4v) is 6.47. The van der Waals surface area contributed by atoms with E-state index in [4.69, 9.17) is 0 Å². The van der Waals surface area contributed by atoms with Crippen LogP contribution in [0.5, 0.6) is 0 Å². The molecule has 2 nitrogen and oxygen atoms in total. The molecule has 0 amide bonds. The first-order valence-electron chi connectivity index (χ1n) is 10.9. The molecule has 6 rings (SSSR count). The summed E-state index contributed by atoms with van der Waals surface area (Å²) in [5, 5.41) is 7.54. The van der Waals surface area contributed by atoms with E-state index in [1.807, 2.05) is 6.07 Å². The Balaban J connectivity index is 2.08. The first kappa shape index (κ1) is 18.8. The van der Waals surface area contributed by atoms with Crippen LogP contribution in [0.2, 0.25) is 19.6 Å². The van der Waals surface area contributed by atoms with E-state index in [-0.39, 0.29) is 5.82 Å². The molecule has 0 fully saturated rings. The summed E-state index contributed by atoms with van der Waals surface area (Å²) in [7, 11) is 0.584. The number of aromatic nitrogens is 2. The maximum Gasteiger partial charge on any atom is 0.224 e. The van der Waals surface area contributed by atoms with Crippen LogP contribution in [0.3, 0.4) is 0 Å². The van der Waals surface area contributed by atoms with Gasteiger partial charge in [-0.25, -0.2) is 8.96 Å². The van der Waals surface area contributed by atoms with Crippen molar-refractivity contribution in [2.75, 3.05) is 0 Å². The predicted octanol–water partition coefficient (Wildman–Crippen LogP) is 6.12. The Morgan fingerprint density at radius 3 is 2.39 bits per heavy atom. The van der Waals surface area contributed by atoms with Crippen molar-refractivity contribution in [2.24, 2.45) is 7.05 Å². The lowest BCUT2D eigenvalue weighted by Gasteiger charge is -2.20. The summed E-state index contributed by atoms with van der Waals surface area (Å²) >= 11 is 0. The van der Waals surface area contributed by atoms with Gasteiger partial charge in [0.25, 0.3) is 0 Å². The Labute approximate surface area is 181 Å². The average Bonchev–Trinajstić information content (AvgIpc) is 3.02. The summed E-state index contributed by atoms with van der Waals surface area (Å²) < 4.78 is 19.0. The van der Waals surface area contributed by atoms with Gasteiger partial charge in [-0.1, -0.05) is 30.9 Å². The van der Waals surface area contributed by atoms with E-state index < -0.39 is 8.07 Å². The van der Waals surface area contributed by atoms with Crippen molar-refractivity contribution in [2.45, 2.75) is 33.5 Å². The SMILES string of the molecule is Cc1cc2c3ccc(F)cc3n3c4cc([Si](C)(C)C)cc5cc[n+](C)c(c(c1C)c23)c54. The molecule has 0 saturated carbocycles. The third-order valence-corrected chi connectivity index (χ3v) is 9.11. The van der Waals surface area contributed by atoms with Gasteiger partial charge >= 0.3 is 0 Å². The molecule has 0 radical (unpaired) electrons. The Hall–Kier alpha value is -2.98. The molecule has 0 aliphatic rings. The van der Waals surface area contributed by atoms with Crippen LogP contribution in [0.25, 0.3) is 49.0 Å². The molecule has 4 heteroatoms. The van der Waals surface area contributed by atoms with E-state index >= 15 is 0 Å². The van der Waals surface area contributed by atoms with Crippen molar-refractivity contribution in [1.82, 2.24) is 4.40 Å². The minimum absolute atomic E-state index is 0.191. The average molecular weight is 426 g/mol. The van der Waals surface area contributed by atoms with E-state index in [1.165, 1.54) is 54.4 Å². The third kappa shape index (κ3) is 2.34. The van der Waals surface area contributed by atoms with Crippen molar-refractivity contribution in [1.29, 1.82) is 0 Å². The quantitative estimate of drug-likeness (QED) is 0.130. The number of hydrogen-bond donors (Lipinski definition) is 0. The van der Waals surface area contributed by atoms with E-state index in [9.17, 15) is 4.39 Å². The highest BCUT2D eigenvalue weighted by molar-refractivity contribution is 6.89. The highest BCUT2D eigenvalue weighted by Crippen LogP contribution is 2.41. The Kier molecular flexibility index (Phi) is 3.53. The van der Waals surface area contributed by atoms with Crippen LogP contribution >= 0.6 is 0 Å². The molecular formula is C27H26FN2Si+. The highest BCUT2D eigenvalue weighted by atomic mass is 28.3. The third-order valence-electron chi connectivity index (χ3n) is 7.09. The highest BCUT2D eigenvalue weighted by Gasteiger charge is 2.27. The molecule has 6 aromatic rings. The lowest BCUT2D eigenvalue weighted by Crippen LogP contribution is -2.38. The number of fused-ring (bicyclic) bond motifs is 5. The molecule has 0 N–H and O–H groups in total. The fraction of sp³-hybridized carbons (Fsp3) is 0.222. The number of rotatable bonds is 1. The van der Waals surface area contributed by atoms with Crippen LogP contribution in [0.1, 0.15) is 11.1 Å². The van der Waals surface area contributed by atoms with Crippen molar-refractivity contribution in [3.05, 3.63) is 65.6 Å². The van der Waals surface area contributed by atoms with Crippen molar-refractivity contribution in [3.8, 4) is 0 Å². The summed E-state index contributed by atoms with van der Waals surface area (Å²) in [6.45, 7) is 11.6. The summed E-state index contributed by atoms with van der Waals surface area (Å²) in [6.07, 6.45) is 2.18. The lowest BCUT2D eigenvalue weighted by atomic mass is 9.96. The minimum Gasteiger partial charge on any atom is -0.307 e. The fourth-order valence-electron chi connectivity index (χ4n) is 5.31. The van der Waals surface area contributed by atoms with E-state index in [0.717, 1.165) is 10.9 Å². The second-order valence-electron chi connectivity index (χ2n) is 10.1. The van der Waals surface area contributed by atoms with E-state index in [2.05, 4.69) is 80.0 Å². The zero-order valence-corrected chi connectivity index (χ0v) is 19.9. The van der Waals surface area contributed by atoms with Crippen molar-refractivity contribution < 1.29 is 8.96 Å². The van der Waals surface area contributed by atoms with Gasteiger partial charge < -0.3 is 4.40 Å². The number of benzene rings is 3. The topological polar surface area (TPSA) is 8.29 Å². The van der Waals surface area contributed by atoms with Gasteiger partial charge in [0, 0.05) is 16.8 Å². The number of aryl methyl sites for hydroxylation is 3. The van der Waals surface area contributed by atoms with Crippen LogP contribution in [0.15, 0.2) is 48.7 Å². The molecule has 0 aliphatic heterocycles. The molecule has 154 valence electrons. The number of pyridine rings is 2. The van der Waals surface area contributed by atoms with Crippen LogP contribution in [0, 0.1) is 19.7 Å². The lowest BCUT2D eigenvalue weighted by molar-refractivity contribution is -0.643. The molecule has 0 bridgehead atoms. The van der Waals surface area contributed by atoms with Gasteiger partial charge in [0.05, 0.1) is 35.4 Å². The summed E-state index contributed by atoms with van der Waals surface area (Å²) in [5.74, 6) is -0.191. The molecular weight excluding hydrogens is 399 g/mol. The molecule has 3 aromatic carbocycles. The molecule has 3 heterocycles. The van der Waals surface area contributed by atoms with Gasteiger partial charge in [-0.3, -0.25) is 0 Å². The molecule has 0 spiro atoms. The summed E-state index contributed by atoms with van der Waals surface area (Å²) in [6, 6.07) is 14.5. The van der Waals surface area contributed by atoms with Crippen molar-refractivity contribution in [3.63, 3.8) is 0 Å². The zero-order chi connectivity index (χ0) is 21.8. The largest absolute Gasteiger partial charge is 0.307 e. The predicted molar refractivity (Wildman–Crippen MR) is 132 cm³/mol. The van der Waals surface area contributed by atoms with E-state index in [1.54, 1.807) is 12.1 Å². The maximum atomic E-state index is 14.5. The Morgan fingerprint density at radius 2 is 1.65 bits per heavy atom. The van der Waals surface area contributed by atoms with Crippen LogP contribution in [-0.4, -0.2) is 12.5 Å². The second-order valence-corrected chi connectivity index (χ2v) is 15.1. The van der Waals surface area contributed by atoms with Crippen LogP contribution in [-0.2, 0) is 7.05 Å². The zero-order valence-electron chi connectivity index (χ0n) is 18.9. The molecule has 0 atom stereocenters. The van der Waals surface area contributed by atoms with Gasteiger partial charge in [-0.15, -0.1) is 0 Å². The summed E-state index contributed by atoms with van der Waals surface area (Å²) in [5.41, 5.74) is 7.16. The first-order valence-corrected chi connectivity index (χ1v) is 14.4. The Morgan fingerprint density at radius 1 is 0.871 bits per heavy atom. The monoisotopic (exact) mass is 425 g/mol. The molecule has 31 heavy (non-hydrogen) atoms. The van der Waals surface area contributed by atoms with Gasteiger partial charge in [-0.2, -0.15) is 0 Å². The normalized spacial score (nSPS) is 13.0. The molecule has 0 aliphatic carbocycles. The van der Waals surface area contributed by atoms with Crippen LogP contribution in [0.4, 0.5) is 4.39 Å². The van der Waals surface area contributed by atoms with Gasteiger partial charge in [0.1, 0.15) is 12.9 Å². The smallest absolute Gasteiger partial charge is 0.224 e. The maximum absolute atomic E-state index is 14.5. The first-order chi connectivity index (χ1) is 14.7. The van der Waals surface area contributed by atoms with E-state index in [0.29, 0.717) is 0 Å². The Bertz CT molecular complexity index is 1700.